The quantitative estimate of drug-likeness (QED) is 0.246. The van der Waals surface area contributed by atoms with Gasteiger partial charge in [-0.15, -0.1) is 0 Å². The summed E-state index contributed by atoms with van der Waals surface area (Å²) in [7, 11) is -1.72. The van der Waals surface area contributed by atoms with Crippen molar-refractivity contribution in [3.8, 4) is 0 Å². The van der Waals surface area contributed by atoms with E-state index in [-0.39, 0.29) is 23.3 Å². The van der Waals surface area contributed by atoms with E-state index in [0.29, 0.717) is 40.3 Å². The first-order chi connectivity index (χ1) is 20.0. The first-order valence-electron chi connectivity index (χ1n) is 14.2. The fraction of sp³-hybridized carbons (Fsp3) is 0.406. The third-order valence-electron chi connectivity index (χ3n) is 8.82. The summed E-state index contributed by atoms with van der Waals surface area (Å²) < 4.78 is 28.3. The van der Waals surface area contributed by atoms with Gasteiger partial charge in [0.25, 0.3) is 5.91 Å². The molecule has 0 aromatic heterocycles. The Morgan fingerprint density at radius 1 is 1.07 bits per heavy atom. The summed E-state index contributed by atoms with van der Waals surface area (Å²) >= 11 is 16.2. The molecule has 0 aliphatic carbocycles. The molecule has 42 heavy (non-hydrogen) atoms. The predicted octanol–water partition coefficient (Wildman–Crippen LogP) is 6.99. The first kappa shape index (κ1) is 31.3. The highest BCUT2D eigenvalue weighted by Gasteiger charge is 2.53. The van der Waals surface area contributed by atoms with Crippen LogP contribution in [0.2, 0.25) is 10.0 Å². The van der Waals surface area contributed by atoms with Crippen molar-refractivity contribution in [2.75, 3.05) is 37.2 Å². The molecule has 5 rings (SSSR count). The van der Waals surface area contributed by atoms with E-state index in [9.17, 15) is 13.2 Å². The molecule has 3 aromatic carbocycles. The van der Waals surface area contributed by atoms with Crippen molar-refractivity contribution in [3.63, 3.8) is 0 Å². The third kappa shape index (κ3) is 6.25. The average Bonchev–Trinajstić information content (AvgIpc) is 3.25. The Balaban J connectivity index is 1.48. The summed E-state index contributed by atoms with van der Waals surface area (Å²) in [5.41, 5.74) is 4.27. The molecule has 2 aliphatic heterocycles. The lowest BCUT2D eigenvalue weighted by Gasteiger charge is -2.42. The maximum absolute atomic E-state index is 13.5. The highest BCUT2D eigenvalue weighted by atomic mass is 79.9. The molecule has 2 aliphatic rings. The Kier molecular flexibility index (Phi) is 9.60. The molecule has 10 heteroatoms. The van der Waals surface area contributed by atoms with Crippen molar-refractivity contribution < 1.29 is 13.2 Å². The number of nitrogens with zero attached hydrogens (tertiary/aromatic N) is 2. The van der Waals surface area contributed by atoms with Crippen LogP contribution in [0, 0.1) is 0 Å². The van der Waals surface area contributed by atoms with Crippen LogP contribution in [0.1, 0.15) is 58.6 Å². The molecule has 1 saturated heterocycles. The molecule has 3 aromatic rings. The van der Waals surface area contributed by atoms with E-state index < -0.39 is 10.0 Å². The van der Waals surface area contributed by atoms with Gasteiger partial charge in [-0.1, -0.05) is 75.5 Å². The number of benzene rings is 3. The number of halogens is 3. The molecule has 1 fully saturated rings. The van der Waals surface area contributed by atoms with Crippen LogP contribution in [-0.2, 0) is 20.8 Å². The van der Waals surface area contributed by atoms with Gasteiger partial charge in [0.15, 0.2) is 0 Å². The van der Waals surface area contributed by atoms with Gasteiger partial charge in [-0.05, 0) is 85.8 Å². The van der Waals surface area contributed by atoms with Gasteiger partial charge in [0.1, 0.15) is 0 Å². The maximum Gasteiger partial charge on any atom is 0.253 e. The molecule has 2 atom stereocenters. The van der Waals surface area contributed by atoms with Crippen LogP contribution in [0.25, 0.3) is 0 Å². The number of fused-ring (bicyclic) bond motifs is 2. The van der Waals surface area contributed by atoms with E-state index in [4.69, 9.17) is 23.2 Å². The van der Waals surface area contributed by atoms with E-state index in [1.54, 1.807) is 15.3 Å². The van der Waals surface area contributed by atoms with E-state index in [1.165, 1.54) is 6.26 Å². The van der Waals surface area contributed by atoms with E-state index in [0.717, 1.165) is 48.3 Å². The van der Waals surface area contributed by atoms with Gasteiger partial charge in [-0.3, -0.25) is 9.10 Å². The Labute approximate surface area is 267 Å². The second-order valence-corrected chi connectivity index (χ2v) is 14.7. The molecule has 1 N–H and O–H groups in total. The number of likely N-dealkylation sites (N-methyl/N-ethyl adjacent to an activating group) is 1. The molecular weight excluding hydrogens is 657 g/mol. The summed E-state index contributed by atoms with van der Waals surface area (Å²) in [5.74, 6) is -0.152. The van der Waals surface area contributed by atoms with Crippen molar-refractivity contribution in [2.24, 2.45) is 0 Å². The van der Waals surface area contributed by atoms with Crippen LogP contribution in [0.5, 0.6) is 0 Å². The number of para-hydroxylation sites is 1. The van der Waals surface area contributed by atoms with Gasteiger partial charge in [0, 0.05) is 35.8 Å². The summed E-state index contributed by atoms with van der Waals surface area (Å²) in [4.78, 5) is 15.3. The zero-order valence-corrected chi connectivity index (χ0v) is 27.7. The Bertz CT molecular complexity index is 1560. The number of hydrogen-bond acceptors (Lipinski definition) is 4. The Morgan fingerprint density at radius 2 is 1.81 bits per heavy atom. The van der Waals surface area contributed by atoms with E-state index >= 15 is 0 Å². The average molecular weight is 694 g/mol. The zero-order valence-electron chi connectivity index (χ0n) is 23.8. The number of carbonyl (C=O) groups is 1. The van der Waals surface area contributed by atoms with Crippen molar-refractivity contribution >= 4 is 60.7 Å². The molecule has 224 valence electrons. The predicted molar refractivity (Wildman–Crippen MR) is 176 cm³/mol. The van der Waals surface area contributed by atoms with Crippen molar-refractivity contribution in [1.29, 1.82) is 0 Å². The van der Waals surface area contributed by atoms with Crippen LogP contribution in [0.15, 0.2) is 66.7 Å². The number of sulfonamides is 1. The van der Waals surface area contributed by atoms with Crippen LogP contribution < -0.4 is 9.62 Å². The minimum atomic E-state index is -3.54. The number of anilines is 1. The number of hydrogen-bond donors (Lipinski definition) is 1. The van der Waals surface area contributed by atoms with Crippen molar-refractivity contribution in [3.05, 3.63) is 99.0 Å². The second kappa shape index (κ2) is 12.9. The highest BCUT2D eigenvalue weighted by Crippen LogP contribution is 2.53. The van der Waals surface area contributed by atoms with Gasteiger partial charge in [-0.25, -0.2) is 8.42 Å². The van der Waals surface area contributed by atoms with Crippen LogP contribution in [0.4, 0.5) is 5.69 Å². The van der Waals surface area contributed by atoms with Gasteiger partial charge in [0.2, 0.25) is 10.0 Å². The summed E-state index contributed by atoms with van der Waals surface area (Å²) in [6.45, 7) is 2.12. The minimum Gasteiger partial charge on any atom is -0.341 e. The Hall–Kier alpha value is -2.10. The molecule has 6 nitrogen and oxygen atoms in total. The van der Waals surface area contributed by atoms with Crippen molar-refractivity contribution in [1.82, 2.24) is 10.2 Å². The molecule has 2 heterocycles. The van der Waals surface area contributed by atoms with Crippen LogP contribution in [0.3, 0.4) is 0 Å². The largest absolute Gasteiger partial charge is 0.341 e. The smallest absolute Gasteiger partial charge is 0.253 e. The number of carbonyl (C=O) groups excluding carboxylic acids is 1. The topological polar surface area (TPSA) is 69.7 Å². The lowest BCUT2D eigenvalue weighted by molar-refractivity contribution is 0.0783. The summed E-state index contributed by atoms with van der Waals surface area (Å²) in [6.07, 6.45) is 4.33. The third-order valence-corrected chi connectivity index (χ3v) is 11.4. The first-order valence-corrected chi connectivity index (χ1v) is 17.9. The highest BCUT2D eigenvalue weighted by molar-refractivity contribution is 9.08. The number of rotatable bonds is 9. The molecule has 0 radical (unpaired) electrons. The van der Waals surface area contributed by atoms with Gasteiger partial charge in [0.05, 0.1) is 28.0 Å². The second-order valence-electron chi connectivity index (χ2n) is 11.5. The number of piperidine rings is 1. The van der Waals surface area contributed by atoms with Crippen LogP contribution >= 0.6 is 39.1 Å². The fourth-order valence-corrected chi connectivity index (χ4v) is 8.79. The lowest BCUT2D eigenvalue weighted by atomic mass is 9.68. The molecular formula is C32H36BrCl2N3O3S. The van der Waals surface area contributed by atoms with Gasteiger partial charge >= 0.3 is 0 Å². The number of alkyl halides is 1. The monoisotopic (exact) mass is 691 g/mol. The maximum atomic E-state index is 13.5. The molecule has 0 bridgehead atoms. The number of amides is 1. The lowest BCUT2D eigenvalue weighted by Crippen LogP contribution is -2.52. The summed E-state index contributed by atoms with van der Waals surface area (Å²) in [6, 6.07) is 21.0. The molecule has 0 saturated carbocycles. The molecule has 1 unspecified atom stereocenters. The zero-order chi connectivity index (χ0) is 30.1. The summed E-state index contributed by atoms with van der Waals surface area (Å²) in [5, 5.41) is 5.06. The SMILES string of the molecule is CN(C[C@@H](CCC1N(S(C)(=O)=O)c2ccccc2C12CCNCC2)c1ccc(Cl)c(Cl)c1)C(=O)c1cccc(CBr)c1. The molecule has 1 spiro atoms. The Morgan fingerprint density at radius 3 is 2.50 bits per heavy atom. The van der Waals surface area contributed by atoms with Gasteiger partial charge in [-0.2, -0.15) is 0 Å². The number of nitrogens with one attached hydrogen (secondary N) is 1. The minimum absolute atomic E-state index is 0.0660. The fourth-order valence-electron chi connectivity index (χ4n) is 6.85. The normalized spacial score (nSPS) is 18.6. The van der Waals surface area contributed by atoms with Crippen LogP contribution in [-0.4, -0.2) is 58.2 Å². The van der Waals surface area contributed by atoms with E-state index in [2.05, 4.69) is 27.3 Å². The molecule has 1 amide bonds. The standard InChI is InChI=1S/C32H36BrCl2N3O3S/c1-37(31(39)24-7-5-6-22(18-24)20-33)21-25(23-10-12-27(34)28(35)19-23)11-13-30-32(14-16-36-17-15-32)26-8-3-4-9-29(26)38(30)42(2,40)41/h3-10,12,18-19,25,30,36H,11,13-17,20-21H2,1-2H3/t25-,30?/m1/s1. The van der Waals surface area contributed by atoms with Gasteiger partial charge < -0.3 is 10.2 Å². The van der Waals surface area contributed by atoms with E-state index in [1.807, 2.05) is 61.6 Å². The van der Waals surface area contributed by atoms with Crippen molar-refractivity contribution in [2.45, 2.75) is 48.4 Å².